The molecule has 0 spiro atoms. The van der Waals surface area contributed by atoms with Gasteiger partial charge < -0.3 is 0 Å². The second-order valence-electron chi connectivity index (χ2n) is 4.35. The molecule has 3 heteroatoms. The number of benzene rings is 1. The van der Waals surface area contributed by atoms with Crippen molar-refractivity contribution in [2.75, 3.05) is 0 Å². The van der Waals surface area contributed by atoms with Crippen LogP contribution >= 0.6 is 0 Å². The van der Waals surface area contributed by atoms with E-state index in [1.165, 1.54) is 5.56 Å². The normalized spacial score (nSPS) is 11.0. The third-order valence-electron chi connectivity index (χ3n) is 2.66. The lowest BCUT2D eigenvalue weighted by Crippen LogP contribution is -2.07. The van der Waals surface area contributed by atoms with E-state index in [2.05, 4.69) is 5.10 Å². The maximum Gasteiger partial charge on any atom is 0.271 e. The van der Waals surface area contributed by atoms with Crippen LogP contribution in [0.5, 0.6) is 0 Å². The van der Waals surface area contributed by atoms with Gasteiger partial charge in [0.05, 0.1) is 5.56 Å². The Morgan fingerprint density at radius 1 is 1.19 bits per heavy atom. The van der Waals surface area contributed by atoms with E-state index in [0.29, 0.717) is 0 Å². The summed E-state index contributed by atoms with van der Waals surface area (Å²) in [7, 11) is 0. The molecule has 16 heavy (non-hydrogen) atoms. The summed E-state index contributed by atoms with van der Waals surface area (Å²) in [6.07, 6.45) is 1.87. The number of aryl methyl sites for hydroxylation is 1. The van der Waals surface area contributed by atoms with Gasteiger partial charge >= 0.3 is 0 Å². The van der Waals surface area contributed by atoms with Crippen LogP contribution in [0.3, 0.4) is 0 Å². The molecule has 1 heterocycles. The van der Waals surface area contributed by atoms with Crippen molar-refractivity contribution in [2.45, 2.75) is 26.8 Å². The zero-order valence-electron chi connectivity index (χ0n) is 9.82. The summed E-state index contributed by atoms with van der Waals surface area (Å²) in [5, 5.41) is 2.82. The second kappa shape index (κ2) is 4.00. The number of rotatable bonds is 2. The highest BCUT2D eigenvalue weighted by molar-refractivity contribution is 5.61. The molecule has 0 aliphatic rings. The smallest absolute Gasteiger partial charge is 0.271 e. The summed E-state index contributed by atoms with van der Waals surface area (Å²) in [6.45, 7) is 6.11. The van der Waals surface area contributed by atoms with Gasteiger partial charge in [0.15, 0.2) is 0 Å². The van der Waals surface area contributed by atoms with Gasteiger partial charge in [-0.3, -0.25) is 14.6 Å². The average molecular weight is 216 g/mol. The van der Waals surface area contributed by atoms with Crippen LogP contribution in [-0.2, 0) is 0 Å². The Balaban J connectivity index is 2.48. The van der Waals surface area contributed by atoms with Crippen molar-refractivity contribution in [3.05, 3.63) is 46.4 Å². The van der Waals surface area contributed by atoms with Gasteiger partial charge in [0, 0.05) is 12.2 Å². The van der Waals surface area contributed by atoms with Crippen LogP contribution in [0.1, 0.15) is 25.5 Å². The minimum Gasteiger partial charge on any atom is -0.289 e. The topological polar surface area (TPSA) is 37.8 Å². The van der Waals surface area contributed by atoms with E-state index < -0.39 is 0 Å². The van der Waals surface area contributed by atoms with Crippen molar-refractivity contribution in [1.29, 1.82) is 0 Å². The number of hydrogen-bond donors (Lipinski definition) is 1. The Bertz CT molecular complexity index is 532. The SMILES string of the molecule is Cc1ccc(-c2cn(C(C)C)[nH]c2=O)cc1. The van der Waals surface area contributed by atoms with E-state index in [4.69, 9.17) is 0 Å². The minimum absolute atomic E-state index is 0.0300. The van der Waals surface area contributed by atoms with Gasteiger partial charge in [0.25, 0.3) is 5.56 Å². The molecule has 1 aromatic heterocycles. The van der Waals surface area contributed by atoms with Gasteiger partial charge in [-0.2, -0.15) is 0 Å². The standard InChI is InChI=1S/C13H16N2O/c1-9(2)15-8-12(13(16)14-15)11-6-4-10(3)5-7-11/h4-9H,1-3H3,(H,14,16). The molecule has 0 amide bonds. The van der Waals surface area contributed by atoms with Crippen molar-refractivity contribution in [1.82, 2.24) is 9.78 Å². The van der Waals surface area contributed by atoms with Crippen molar-refractivity contribution >= 4 is 0 Å². The Hall–Kier alpha value is -1.77. The van der Waals surface area contributed by atoms with Crippen LogP contribution in [0.4, 0.5) is 0 Å². The van der Waals surface area contributed by atoms with E-state index in [1.54, 1.807) is 0 Å². The van der Waals surface area contributed by atoms with Gasteiger partial charge in [0.2, 0.25) is 0 Å². The highest BCUT2D eigenvalue weighted by Gasteiger charge is 2.07. The number of nitrogens with one attached hydrogen (secondary N) is 1. The van der Waals surface area contributed by atoms with E-state index in [0.717, 1.165) is 11.1 Å². The number of aromatic nitrogens is 2. The summed E-state index contributed by atoms with van der Waals surface area (Å²) in [5.41, 5.74) is 2.86. The van der Waals surface area contributed by atoms with Gasteiger partial charge in [-0.15, -0.1) is 0 Å². The average Bonchev–Trinajstić information content (AvgIpc) is 2.62. The Morgan fingerprint density at radius 2 is 1.81 bits per heavy atom. The van der Waals surface area contributed by atoms with Crippen LogP contribution in [0, 0.1) is 6.92 Å². The fourth-order valence-corrected chi connectivity index (χ4v) is 1.62. The van der Waals surface area contributed by atoms with Gasteiger partial charge in [-0.25, -0.2) is 0 Å². The van der Waals surface area contributed by atoms with Crippen LogP contribution in [0.25, 0.3) is 11.1 Å². The molecule has 2 rings (SSSR count). The molecule has 0 aliphatic heterocycles. The zero-order valence-corrected chi connectivity index (χ0v) is 9.82. The van der Waals surface area contributed by atoms with E-state index >= 15 is 0 Å². The molecule has 3 nitrogen and oxygen atoms in total. The second-order valence-corrected chi connectivity index (χ2v) is 4.35. The fourth-order valence-electron chi connectivity index (χ4n) is 1.62. The molecule has 0 bridgehead atoms. The van der Waals surface area contributed by atoms with Crippen LogP contribution in [0.15, 0.2) is 35.3 Å². The third-order valence-corrected chi connectivity index (χ3v) is 2.66. The molecule has 2 aromatic rings. The fraction of sp³-hybridized carbons (Fsp3) is 0.308. The van der Waals surface area contributed by atoms with Crippen molar-refractivity contribution in [2.24, 2.45) is 0 Å². The highest BCUT2D eigenvalue weighted by atomic mass is 16.1. The van der Waals surface area contributed by atoms with Crippen LogP contribution < -0.4 is 5.56 Å². The number of aromatic amines is 1. The summed E-state index contributed by atoms with van der Waals surface area (Å²) >= 11 is 0. The molecule has 0 aliphatic carbocycles. The lowest BCUT2D eigenvalue weighted by molar-refractivity contribution is 0.528. The van der Waals surface area contributed by atoms with E-state index in [-0.39, 0.29) is 11.6 Å². The molecule has 0 radical (unpaired) electrons. The largest absolute Gasteiger partial charge is 0.289 e. The van der Waals surface area contributed by atoms with Crippen molar-refractivity contribution < 1.29 is 0 Å². The molecule has 0 unspecified atom stereocenters. The third kappa shape index (κ3) is 1.94. The monoisotopic (exact) mass is 216 g/mol. The lowest BCUT2D eigenvalue weighted by Gasteiger charge is -2.04. The zero-order chi connectivity index (χ0) is 11.7. The van der Waals surface area contributed by atoms with E-state index in [1.807, 2.05) is 55.9 Å². The molecular weight excluding hydrogens is 200 g/mol. The first-order valence-electron chi connectivity index (χ1n) is 5.46. The first-order valence-corrected chi connectivity index (χ1v) is 5.46. The molecule has 0 saturated heterocycles. The van der Waals surface area contributed by atoms with Gasteiger partial charge in [-0.05, 0) is 26.3 Å². The summed E-state index contributed by atoms with van der Waals surface area (Å²) < 4.78 is 1.83. The van der Waals surface area contributed by atoms with Gasteiger partial charge in [0.1, 0.15) is 0 Å². The van der Waals surface area contributed by atoms with Gasteiger partial charge in [-0.1, -0.05) is 29.8 Å². The summed E-state index contributed by atoms with van der Waals surface area (Å²) in [4.78, 5) is 11.8. The molecule has 0 fully saturated rings. The first-order chi connectivity index (χ1) is 7.58. The summed E-state index contributed by atoms with van der Waals surface area (Å²) in [5.74, 6) is 0. The maximum absolute atomic E-state index is 11.8. The number of H-pyrrole nitrogens is 1. The molecule has 0 atom stereocenters. The number of hydrogen-bond acceptors (Lipinski definition) is 1. The Morgan fingerprint density at radius 3 is 2.31 bits per heavy atom. The molecule has 1 N–H and O–H groups in total. The van der Waals surface area contributed by atoms with Crippen molar-refractivity contribution in [3.8, 4) is 11.1 Å². The number of nitrogens with zero attached hydrogens (tertiary/aromatic N) is 1. The molecule has 1 aromatic carbocycles. The Labute approximate surface area is 94.7 Å². The van der Waals surface area contributed by atoms with E-state index in [9.17, 15) is 4.79 Å². The van der Waals surface area contributed by atoms with Crippen molar-refractivity contribution in [3.63, 3.8) is 0 Å². The molecule has 84 valence electrons. The highest BCUT2D eigenvalue weighted by Crippen LogP contribution is 2.16. The molecular formula is C13H16N2O. The molecule has 0 saturated carbocycles. The quantitative estimate of drug-likeness (QED) is 0.823. The summed E-state index contributed by atoms with van der Waals surface area (Å²) in [6, 6.07) is 8.25. The predicted molar refractivity (Wildman–Crippen MR) is 65.6 cm³/mol. The van der Waals surface area contributed by atoms with Crippen LogP contribution in [-0.4, -0.2) is 9.78 Å². The maximum atomic E-state index is 11.8. The predicted octanol–water partition coefficient (Wildman–Crippen LogP) is 2.73. The minimum atomic E-state index is -0.0300. The lowest BCUT2D eigenvalue weighted by atomic mass is 10.1. The van der Waals surface area contributed by atoms with Crippen LogP contribution in [0.2, 0.25) is 0 Å². The first kappa shape index (κ1) is 10.7. The Kier molecular flexibility index (Phi) is 2.69.